The number of rotatable bonds is 2. The van der Waals surface area contributed by atoms with Gasteiger partial charge in [0.05, 0.1) is 16.8 Å². The molecule has 0 spiro atoms. The molecule has 10 nitrogen and oxygen atoms in total. The van der Waals surface area contributed by atoms with Gasteiger partial charge in [0.1, 0.15) is 6.07 Å². The van der Waals surface area contributed by atoms with Crippen molar-refractivity contribution in [1.29, 1.82) is 10.5 Å². The van der Waals surface area contributed by atoms with Crippen LogP contribution in [0.2, 0.25) is 0 Å². The lowest BCUT2D eigenvalue weighted by atomic mass is 10.2. The van der Waals surface area contributed by atoms with Crippen molar-refractivity contribution < 1.29 is 8.42 Å². The summed E-state index contributed by atoms with van der Waals surface area (Å²) in [5.41, 5.74) is 1.32. The highest BCUT2D eigenvalue weighted by Gasteiger charge is 2.29. The second-order valence-electron chi connectivity index (χ2n) is 8.48. The van der Waals surface area contributed by atoms with Gasteiger partial charge in [-0.1, -0.05) is 24.1 Å². The van der Waals surface area contributed by atoms with Gasteiger partial charge in [-0.25, -0.2) is 0 Å². The normalized spacial score (nSPS) is 18.4. The summed E-state index contributed by atoms with van der Waals surface area (Å²) in [6.07, 6.45) is 12.5. The van der Waals surface area contributed by atoms with Crippen LogP contribution in [0.25, 0.3) is 0 Å². The maximum atomic E-state index is 12.3. The second kappa shape index (κ2) is 13.9. The minimum atomic E-state index is -3.78. The topological polar surface area (TPSA) is 139 Å². The molecule has 3 aliphatic heterocycles. The van der Waals surface area contributed by atoms with Crippen LogP contribution in [0.1, 0.15) is 43.4 Å². The first-order chi connectivity index (χ1) is 18.0. The number of fused-ring (bicyclic) bond motifs is 1. The van der Waals surface area contributed by atoms with Gasteiger partial charge >= 0.3 is 0 Å². The average molecular weight is 519 g/mol. The zero-order valence-electron chi connectivity index (χ0n) is 20.8. The summed E-state index contributed by atoms with van der Waals surface area (Å²) in [4.78, 5) is 7.16. The highest BCUT2D eigenvalue weighted by molar-refractivity contribution is 7.89. The number of sulfonamides is 1. The van der Waals surface area contributed by atoms with Crippen LogP contribution in [0.5, 0.6) is 0 Å². The standard InChI is InChI=1S/C12H11N3O2S.C9H16N2.C5H3N3/c1-10-4-6-12(7-5-10)18(16,17)15-11(9-13)3-2-8-14-15;1-2-5-9-10-6-4-8-11(9)7-3-1;6-4-5-2-1-3-7-8-5/h2-8,11H,1H3;1-8H2;1-3H. The maximum absolute atomic E-state index is 12.3. The monoisotopic (exact) mass is 518 g/mol. The first-order valence-corrected chi connectivity index (χ1v) is 13.6. The van der Waals surface area contributed by atoms with E-state index >= 15 is 0 Å². The van der Waals surface area contributed by atoms with E-state index in [0.717, 1.165) is 16.5 Å². The molecule has 1 unspecified atom stereocenters. The maximum Gasteiger partial charge on any atom is 0.280 e. The quantitative estimate of drug-likeness (QED) is 0.593. The molecule has 0 N–H and O–H groups in total. The number of benzene rings is 1. The van der Waals surface area contributed by atoms with Gasteiger partial charge in [-0.2, -0.15) is 33.6 Å². The molecule has 11 heteroatoms. The second-order valence-corrected chi connectivity index (χ2v) is 10.3. The van der Waals surface area contributed by atoms with Crippen molar-refractivity contribution in [2.24, 2.45) is 10.1 Å². The Morgan fingerprint density at radius 3 is 2.49 bits per heavy atom. The first kappa shape index (κ1) is 27.5. The minimum absolute atomic E-state index is 0.126. The molecule has 1 saturated heterocycles. The molecule has 0 amide bonds. The smallest absolute Gasteiger partial charge is 0.280 e. The fraction of sp³-hybridized carbons (Fsp3) is 0.385. The van der Waals surface area contributed by atoms with Crippen LogP contribution in [-0.4, -0.2) is 65.7 Å². The summed E-state index contributed by atoms with van der Waals surface area (Å²) in [5.74, 6) is 1.40. The Morgan fingerprint density at radius 1 is 1.03 bits per heavy atom. The summed E-state index contributed by atoms with van der Waals surface area (Å²) >= 11 is 0. The van der Waals surface area contributed by atoms with Crippen molar-refractivity contribution in [2.75, 3.05) is 19.6 Å². The number of allylic oxidation sites excluding steroid dienone is 1. The lowest BCUT2D eigenvalue weighted by Gasteiger charge is -2.27. The number of nitriles is 2. The zero-order chi connectivity index (χ0) is 26.5. The van der Waals surface area contributed by atoms with Gasteiger partial charge in [-0.15, -0.1) is 5.10 Å². The Bertz CT molecular complexity index is 1290. The molecule has 0 aliphatic carbocycles. The van der Waals surface area contributed by atoms with E-state index in [1.807, 2.05) is 19.1 Å². The number of hydrogen-bond acceptors (Lipinski definition) is 9. The van der Waals surface area contributed by atoms with E-state index < -0.39 is 16.1 Å². The number of aliphatic imine (C=N–C) groups is 1. The Balaban J connectivity index is 0.000000169. The summed E-state index contributed by atoms with van der Waals surface area (Å²) in [7, 11) is -3.78. The van der Waals surface area contributed by atoms with E-state index in [1.165, 1.54) is 81.6 Å². The number of hydrogen-bond donors (Lipinski definition) is 0. The molecule has 1 aromatic heterocycles. The SMILES string of the molecule is C1CCC2=NCCCN2CC1.Cc1ccc(S(=O)(=O)N2N=CC=CC2C#N)cc1.N#Cc1cccnn1. The fourth-order valence-corrected chi connectivity index (χ4v) is 5.12. The number of hydrazone groups is 1. The molecule has 5 rings (SSSR count). The van der Waals surface area contributed by atoms with Crippen LogP contribution in [0.4, 0.5) is 0 Å². The van der Waals surface area contributed by atoms with Gasteiger partial charge < -0.3 is 4.90 Å². The fourth-order valence-electron chi connectivity index (χ4n) is 3.83. The molecular formula is C26H30N8O2S. The molecule has 0 bridgehead atoms. The molecule has 37 heavy (non-hydrogen) atoms. The summed E-state index contributed by atoms with van der Waals surface area (Å²) < 4.78 is 25.4. The van der Waals surface area contributed by atoms with Gasteiger partial charge in [0, 0.05) is 38.5 Å². The van der Waals surface area contributed by atoms with Crippen LogP contribution in [0, 0.1) is 29.6 Å². The number of aromatic nitrogens is 2. The highest BCUT2D eigenvalue weighted by Crippen LogP contribution is 2.21. The number of aryl methyl sites for hydroxylation is 1. The van der Waals surface area contributed by atoms with Crippen molar-refractivity contribution in [3.8, 4) is 12.1 Å². The molecular weight excluding hydrogens is 488 g/mol. The van der Waals surface area contributed by atoms with Crippen LogP contribution in [0.15, 0.2) is 69.7 Å². The van der Waals surface area contributed by atoms with Crippen LogP contribution < -0.4 is 0 Å². The Labute approximate surface area is 218 Å². The van der Waals surface area contributed by atoms with Crippen molar-refractivity contribution >= 4 is 22.1 Å². The minimum Gasteiger partial charge on any atom is -0.360 e. The zero-order valence-corrected chi connectivity index (χ0v) is 21.6. The molecule has 1 fully saturated rings. The van der Waals surface area contributed by atoms with Gasteiger partial charge in [0.2, 0.25) is 0 Å². The van der Waals surface area contributed by atoms with Crippen LogP contribution in [-0.2, 0) is 10.0 Å². The Hall–Kier alpha value is -4.09. The molecule has 1 atom stereocenters. The third kappa shape index (κ3) is 7.95. The van der Waals surface area contributed by atoms with E-state index in [0.29, 0.717) is 5.69 Å². The van der Waals surface area contributed by atoms with Crippen molar-refractivity contribution in [2.45, 2.75) is 50.0 Å². The van der Waals surface area contributed by atoms with Gasteiger partial charge in [-0.3, -0.25) is 4.99 Å². The Kier molecular flexibility index (Phi) is 10.3. The van der Waals surface area contributed by atoms with Crippen molar-refractivity contribution in [3.63, 3.8) is 0 Å². The summed E-state index contributed by atoms with van der Waals surface area (Å²) in [6, 6.07) is 12.5. The summed E-state index contributed by atoms with van der Waals surface area (Å²) in [6.45, 7) is 5.47. The number of amidine groups is 1. The molecule has 192 valence electrons. The first-order valence-electron chi connectivity index (χ1n) is 12.1. The van der Waals surface area contributed by atoms with E-state index in [2.05, 4.69) is 25.2 Å². The summed E-state index contributed by atoms with van der Waals surface area (Å²) in [5, 5.41) is 27.9. The predicted octanol–water partition coefficient (Wildman–Crippen LogP) is 3.45. The van der Waals surface area contributed by atoms with Gasteiger partial charge in [0.15, 0.2) is 11.7 Å². The predicted molar refractivity (Wildman–Crippen MR) is 141 cm³/mol. The molecule has 0 radical (unpaired) electrons. The third-order valence-electron chi connectivity index (χ3n) is 5.76. The lowest BCUT2D eigenvalue weighted by Crippen LogP contribution is -2.35. The van der Waals surface area contributed by atoms with Gasteiger partial charge in [-0.05, 0) is 62.6 Å². The molecule has 0 saturated carbocycles. The van der Waals surface area contributed by atoms with Crippen molar-refractivity contribution in [3.05, 3.63) is 66.0 Å². The average Bonchev–Trinajstić information content (AvgIpc) is 3.20. The molecule has 4 heterocycles. The highest BCUT2D eigenvalue weighted by atomic mass is 32.2. The number of nitrogens with zero attached hydrogens (tertiary/aromatic N) is 8. The molecule has 1 aromatic carbocycles. The largest absolute Gasteiger partial charge is 0.360 e. The third-order valence-corrected chi connectivity index (χ3v) is 7.44. The van der Waals surface area contributed by atoms with E-state index in [9.17, 15) is 8.42 Å². The Morgan fingerprint density at radius 2 is 1.81 bits per heavy atom. The van der Waals surface area contributed by atoms with Crippen molar-refractivity contribution in [1.82, 2.24) is 19.5 Å². The molecule has 2 aromatic rings. The molecule has 3 aliphatic rings. The van der Waals surface area contributed by atoms with Crippen LogP contribution >= 0.6 is 0 Å². The van der Waals surface area contributed by atoms with Crippen LogP contribution in [0.3, 0.4) is 0 Å². The lowest BCUT2D eigenvalue weighted by molar-refractivity contribution is 0.391. The van der Waals surface area contributed by atoms with E-state index in [4.69, 9.17) is 10.5 Å². The van der Waals surface area contributed by atoms with E-state index in [1.54, 1.807) is 30.3 Å². The van der Waals surface area contributed by atoms with Gasteiger partial charge in [0.25, 0.3) is 10.0 Å². The van der Waals surface area contributed by atoms with E-state index in [-0.39, 0.29) is 4.90 Å².